The smallest absolute Gasteiger partial charge is 0.0465 e. The Hall–Kier alpha value is -6.51. The molecule has 7 aromatic carbocycles. The first kappa shape index (κ1) is 33.1. The van der Waals surface area contributed by atoms with E-state index < -0.39 is 0 Å². The summed E-state index contributed by atoms with van der Waals surface area (Å²) >= 11 is 0. The van der Waals surface area contributed by atoms with E-state index in [-0.39, 0.29) is 5.41 Å². The zero-order valence-electron chi connectivity index (χ0n) is 30.9. The van der Waals surface area contributed by atoms with Gasteiger partial charge in [0.15, 0.2) is 0 Å². The van der Waals surface area contributed by atoms with Gasteiger partial charge in [0.2, 0.25) is 0 Å². The van der Waals surface area contributed by atoms with Gasteiger partial charge < -0.3 is 4.90 Å². The second-order valence-corrected chi connectivity index (χ2v) is 15.1. The Morgan fingerprint density at radius 2 is 0.836 bits per heavy atom. The van der Waals surface area contributed by atoms with E-state index in [4.69, 9.17) is 0 Å². The van der Waals surface area contributed by atoms with Crippen LogP contribution in [0.25, 0.3) is 55.6 Å². The molecule has 55 heavy (non-hydrogen) atoms. The lowest BCUT2D eigenvalue weighted by Gasteiger charge is -2.37. The zero-order chi connectivity index (χ0) is 36.6. The Bertz CT molecular complexity index is 2590. The van der Waals surface area contributed by atoms with Crippen molar-refractivity contribution < 1.29 is 0 Å². The highest BCUT2D eigenvalue weighted by Crippen LogP contribution is 2.57. The van der Waals surface area contributed by atoms with Crippen LogP contribution in [0.15, 0.2) is 194 Å². The quantitative estimate of drug-likeness (QED) is 0.164. The third kappa shape index (κ3) is 6.05. The Labute approximate surface area is 324 Å². The topological polar surface area (TPSA) is 16.1 Å². The van der Waals surface area contributed by atoms with Crippen LogP contribution in [0.2, 0.25) is 0 Å². The number of nitrogens with zero attached hydrogens (tertiary/aromatic N) is 2. The van der Waals surface area contributed by atoms with E-state index in [9.17, 15) is 0 Å². The van der Waals surface area contributed by atoms with Crippen LogP contribution in [-0.4, -0.2) is 4.98 Å². The van der Waals surface area contributed by atoms with Crippen LogP contribution in [-0.2, 0) is 5.41 Å². The fourth-order valence-corrected chi connectivity index (χ4v) is 9.22. The van der Waals surface area contributed by atoms with Crippen molar-refractivity contribution in [1.82, 2.24) is 4.98 Å². The maximum Gasteiger partial charge on any atom is 0.0465 e. The van der Waals surface area contributed by atoms with Crippen LogP contribution in [0.5, 0.6) is 0 Å². The lowest BCUT2D eigenvalue weighted by molar-refractivity contribution is 0.353. The van der Waals surface area contributed by atoms with E-state index in [1.165, 1.54) is 105 Å². The number of hydrogen-bond donors (Lipinski definition) is 0. The molecule has 2 heteroatoms. The van der Waals surface area contributed by atoms with E-state index in [1.54, 1.807) is 0 Å². The molecule has 0 saturated heterocycles. The molecule has 0 bridgehead atoms. The van der Waals surface area contributed by atoms with Gasteiger partial charge in [0.05, 0.1) is 0 Å². The molecule has 0 amide bonds. The fraction of sp³-hybridized carbons (Fsp3) is 0.113. The summed E-state index contributed by atoms with van der Waals surface area (Å²) < 4.78 is 0. The molecule has 8 aromatic rings. The molecule has 0 unspecified atom stereocenters. The second kappa shape index (κ2) is 14.0. The third-order valence-corrected chi connectivity index (χ3v) is 12.0. The van der Waals surface area contributed by atoms with Crippen LogP contribution in [0.1, 0.15) is 43.2 Å². The summed E-state index contributed by atoms with van der Waals surface area (Å²) in [6.45, 7) is 0. The molecule has 10 rings (SSSR count). The van der Waals surface area contributed by atoms with Crippen molar-refractivity contribution in [3.8, 4) is 55.6 Å². The molecule has 0 atom stereocenters. The van der Waals surface area contributed by atoms with Gasteiger partial charge in [-0.05, 0) is 134 Å². The highest BCUT2D eigenvalue weighted by molar-refractivity contribution is 5.88. The molecule has 0 aliphatic heterocycles. The molecule has 2 nitrogen and oxygen atoms in total. The van der Waals surface area contributed by atoms with Crippen molar-refractivity contribution in [3.05, 3.63) is 206 Å². The second-order valence-electron chi connectivity index (χ2n) is 15.1. The molecule has 2 aliphatic rings. The minimum absolute atomic E-state index is 0.00755. The van der Waals surface area contributed by atoms with Gasteiger partial charge in [-0.25, -0.2) is 0 Å². The standard InChI is InChI=1S/C53H42N2/c1-4-12-38(13-5-1)40-19-24-46(25-20-40)55(47-26-21-41(22-27-47)43-17-10-16-42(34-43)39-14-6-2-7-15-39)48-28-30-50-49-29-23-44(45-18-11-33-54-37-45)35-51(49)53(52(50)36-48)31-8-3-9-32-53/h1-2,4-7,10-30,33-37H,3,8-9,31-32H2. The van der Waals surface area contributed by atoms with Gasteiger partial charge in [-0.1, -0.05) is 147 Å². The molecule has 1 spiro atoms. The normalized spacial score (nSPS) is 14.0. The summed E-state index contributed by atoms with van der Waals surface area (Å²) in [5, 5.41) is 0. The number of hydrogen-bond acceptors (Lipinski definition) is 2. The summed E-state index contributed by atoms with van der Waals surface area (Å²) in [5.41, 5.74) is 19.0. The Morgan fingerprint density at radius 3 is 1.45 bits per heavy atom. The van der Waals surface area contributed by atoms with Crippen molar-refractivity contribution in [2.45, 2.75) is 37.5 Å². The summed E-state index contributed by atoms with van der Waals surface area (Å²) in [4.78, 5) is 6.89. The average molecular weight is 707 g/mol. The minimum atomic E-state index is 0.00755. The molecule has 264 valence electrons. The number of aromatic nitrogens is 1. The largest absolute Gasteiger partial charge is 0.310 e. The van der Waals surface area contributed by atoms with E-state index in [0.717, 1.165) is 11.4 Å². The average Bonchev–Trinajstić information content (AvgIpc) is 3.52. The van der Waals surface area contributed by atoms with Crippen molar-refractivity contribution >= 4 is 17.1 Å². The van der Waals surface area contributed by atoms with Crippen LogP contribution in [0.4, 0.5) is 17.1 Å². The third-order valence-electron chi connectivity index (χ3n) is 12.0. The van der Waals surface area contributed by atoms with E-state index in [0.29, 0.717) is 0 Å². The van der Waals surface area contributed by atoms with Crippen LogP contribution in [0, 0.1) is 0 Å². The highest BCUT2D eigenvalue weighted by atomic mass is 15.1. The van der Waals surface area contributed by atoms with Crippen LogP contribution < -0.4 is 4.90 Å². The Morgan fingerprint density at radius 1 is 0.364 bits per heavy atom. The van der Waals surface area contributed by atoms with Gasteiger partial charge in [0, 0.05) is 34.9 Å². The SMILES string of the molecule is c1ccc(-c2ccc(N(c3ccc(-c4cccc(-c5ccccc5)c4)cc3)c3ccc4c(c3)C3(CCCCC3)c3cc(-c5cccnc5)ccc3-4)cc2)cc1. The summed E-state index contributed by atoms with van der Waals surface area (Å²) in [7, 11) is 0. The van der Waals surface area contributed by atoms with Crippen molar-refractivity contribution in [3.63, 3.8) is 0 Å². The van der Waals surface area contributed by atoms with Crippen molar-refractivity contribution in [2.75, 3.05) is 4.90 Å². The minimum Gasteiger partial charge on any atom is -0.310 e. The molecule has 0 radical (unpaired) electrons. The first-order valence-electron chi connectivity index (χ1n) is 19.6. The Balaban J connectivity index is 1.07. The number of rotatable bonds is 7. The molecule has 1 aromatic heterocycles. The van der Waals surface area contributed by atoms with Gasteiger partial charge in [-0.2, -0.15) is 0 Å². The fourth-order valence-electron chi connectivity index (χ4n) is 9.22. The lowest BCUT2D eigenvalue weighted by atomic mass is 9.67. The molecule has 2 aliphatic carbocycles. The molecule has 0 N–H and O–H groups in total. The van der Waals surface area contributed by atoms with Gasteiger partial charge in [-0.3, -0.25) is 4.98 Å². The number of fused-ring (bicyclic) bond motifs is 5. The monoisotopic (exact) mass is 706 g/mol. The predicted molar refractivity (Wildman–Crippen MR) is 230 cm³/mol. The summed E-state index contributed by atoms with van der Waals surface area (Å²) in [6, 6.07) is 66.9. The summed E-state index contributed by atoms with van der Waals surface area (Å²) in [5.74, 6) is 0. The number of pyridine rings is 1. The zero-order valence-corrected chi connectivity index (χ0v) is 30.9. The highest BCUT2D eigenvalue weighted by Gasteiger charge is 2.44. The van der Waals surface area contributed by atoms with Gasteiger partial charge in [0.25, 0.3) is 0 Å². The van der Waals surface area contributed by atoms with Crippen molar-refractivity contribution in [1.29, 1.82) is 0 Å². The number of benzene rings is 7. The molecule has 1 saturated carbocycles. The van der Waals surface area contributed by atoms with E-state index in [1.807, 2.05) is 18.5 Å². The maximum atomic E-state index is 4.44. The predicted octanol–water partition coefficient (Wildman–Crippen LogP) is 14.4. The molecule has 1 fully saturated rings. The van der Waals surface area contributed by atoms with Gasteiger partial charge in [0.1, 0.15) is 0 Å². The summed E-state index contributed by atoms with van der Waals surface area (Å²) in [6.07, 6.45) is 9.99. The molecular formula is C53H42N2. The van der Waals surface area contributed by atoms with Crippen LogP contribution >= 0.6 is 0 Å². The Kier molecular flexibility index (Phi) is 8.45. The first-order chi connectivity index (χ1) is 27.2. The van der Waals surface area contributed by atoms with E-state index in [2.05, 4.69) is 186 Å². The first-order valence-corrected chi connectivity index (χ1v) is 19.6. The maximum absolute atomic E-state index is 4.44. The van der Waals surface area contributed by atoms with Gasteiger partial charge >= 0.3 is 0 Å². The lowest BCUT2D eigenvalue weighted by Crippen LogP contribution is -2.28. The van der Waals surface area contributed by atoms with Gasteiger partial charge in [-0.15, -0.1) is 0 Å². The van der Waals surface area contributed by atoms with Crippen molar-refractivity contribution in [2.24, 2.45) is 0 Å². The van der Waals surface area contributed by atoms with Crippen LogP contribution in [0.3, 0.4) is 0 Å². The molecular weight excluding hydrogens is 665 g/mol. The molecule has 1 heterocycles. The number of anilines is 3. The van der Waals surface area contributed by atoms with E-state index >= 15 is 0 Å².